The number of esters is 1. The molecular formula is C47H69N5O13S. The Kier molecular flexibility index (Phi) is 26.4. The van der Waals surface area contributed by atoms with Crippen LogP contribution in [0.3, 0.4) is 0 Å². The van der Waals surface area contributed by atoms with Crippen molar-refractivity contribution >= 4 is 39.5 Å². The van der Waals surface area contributed by atoms with E-state index >= 15 is 0 Å². The fourth-order valence-corrected chi connectivity index (χ4v) is 7.26. The number of anilines is 1. The van der Waals surface area contributed by atoms with E-state index in [0.717, 1.165) is 25.7 Å². The minimum atomic E-state index is -3.98. The molecule has 366 valence electrons. The number of nitrogens with one attached hydrogen (secondary N) is 3. The molecule has 0 saturated heterocycles. The number of nitrogens with zero attached hydrogens (tertiary/aromatic N) is 2. The molecule has 0 aliphatic heterocycles. The monoisotopic (exact) mass is 943 g/mol. The number of ether oxygens (including phenoxy) is 6. The van der Waals surface area contributed by atoms with E-state index in [1.165, 1.54) is 81.5 Å². The lowest BCUT2D eigenvalue weighted by molar-refractivity contribution is -0.155. The first kappa shape index (κ1) is 55.1. The molecule has 3 aromatic rings. The third-order valence-electron chi connectivity index (χ3n) is 9.47. The van der Waals surface area contributed by atoms with Gasteiger partial charge in [-0.15, -0.1) is 0 Å². The molecule has 0 aliphatic rings. The van der Waals surface area contributed by atoms with Crippen LogP contribution in [-0.4, -0.2) is 119 Å². The largest absolute Gasteiger partial charge is 0.480 e. The Bertz CT molecular complexity index is 1960. The third-order valence-corrected chi connectivity index (χ3v) is 10.9. The number of carboxylic acid groups (broad SMARTS) is 1. The van der Waals surface area contributed by atoms with E-state index < -0.39 is 34.1 Å². The number of aliphatic carboxylic acids is 1. The summed E-state index contributed by atoms with van der Waals surface area (Å²) in [6.45, 7) is 6.63. The van der Waals surface area contributed by atoms with Crippen LogP contribution in [0.2, 0.25) is 0 Å². The molecule has 3 rings (SSSR count). The normalized spacial score (nSPS) is 11.5. The summed E-state index contributed by atoms with van der Waals surface area (Å²) in [5, 5.41) is 13.7. The highest BCUT2D eigenvalue weighted by atomic mass is 32.2. The van der Waals surface area contributed by atoms with E-state index in [1.807, 2.05) is 32.9 Å². The molecule has 66 heavy (non-hydrogen) atoms. The highest BCUT2D eigenvalue weighted by molar-refractivity contribution is 7.92. The van der Waals surface area contributed by atoms with Crippen molar-refractivity contribution in [3.05, 3.63) is 72.3 Å². The molecule has 0 atom stereocenters. The molecule has 0 spiro atoms. The lowest BCUT2D eigenvalue weighted by atomic mass is 10.0. The number of aromatic nitrogens is 2. The maximum Gasteiger partial charge on any atom is 0.329 e. The van der Waals surface area contributed by atoms with Crippen molar-refractivity contribution in [3.63, 3.8) is 0 Å². The highest BCUT2D eigenvalue weighted by Gasteiger charge is 2.17. The van der Waals surface area contributed by atoms with Crippen LogP contribution in [0.25, 0.3) is 0 Å². The van der Waals surface area contributed by atoms with Gasteiger partial charge in [0.25, 0.3) is 15.9 Å². The number of carboxylic acids is 1. The van der Waals surface area contributed by atoms with Crippen LogP contribution >= 0.6 is 0 Å². The van der Waals surface area contributed by atoms with Crippen molar-refractivity contribution in [3.8, 4) is 11.5 Å². The van der Waals surface area contributed by atoms with E-state index in [2.05, 4.69) is 37.5 Å². The van der Waals surface area contributed by atoms with Crippen molar-refractivity contribution in [1.29, 1.82) is 0 Å². The van der Waals surface area contributed by atoms with Crippen molar-refractivity contribution in [2.75, 3.05) is 70.7 Å². The fourth-order valence-electron chi connectivity index (χ4n) is 6.23. The van der Waals surface area contributed by atoms with E-state index in [4.69, 9.17) is 33.5 Å². The lowest BCUT2D eigenvalue weighted by Crippen LogP contribution is -2.31. The van der Waals surface area contributed by atoms with Crippen LogP contribution < -0.4 is 20.1 Å². The number of carbonyl (C=O) groups is 4. The highest BCUT2D eigenvalue weighted by Crippen LogP contribution is 2.25. The second-order valence-electron chi connectivity index (χ2n) is 16.4. The van der Waals surface area contributed by atoms with E-state index in [9.17, 15) is 27.6 Å². The lowest BCUT2D eigenvalue weighted by Gasteiger charge is -2.19. The summed E-state index contributed by atoms with van der Waals surface area (Å²) in [6, 6.07) is 14.0. The number of aryl methyl sites for hydroxylation is 1. The van der Waals surface area contributed by atoms with Crippen LogP contribution in [0.15, 0.2) is 65.8 Å². The van der Waals surface area contributed by atoms with Gasteiger partial charge in [0, 0.05) is 19.5 Å². The van der Waals surface area contributed by atoms with E-state index in [0.29, 0.717) is 17.9 Å². The molecule has 0 unspecified atom stereocenters. The number of sulfonamides is 1. The molecule has 2 amide bonds. The summed E-state index contributed by atoms with van der Waals surface area (Å²) >= 11 is 0. The summed E-state index contributed by atoms with van der Waals surface area (Å²) in [4.78, 5) is 54.3. The zero-order chi connectivity index (χ0) is 47.9. The second-order valence-corrected chi connectivity index (χ2v) is 18.1. The topological polar surface area (TPSA) is 240 Å². The predicted octanol–water partition coefficient (Wildman–Crippen LogP) is 6.63. The first-order valence-corrected chi connectivity index (χ1v) is 24.2. The maximum absolute atomic E-state index is 13.0. The summed E-state index contributed by atoms with van der Waals surface area (Å²) in [5.74, 6) is -1.09. The Balaban J connectivity index is 1.21. The van der Waals surface area contributed by atoms with Crippen molar-refractivity contribution in [2.24, 2.45) is 0 Å². The summed E-state index contributed by atoms with van der Waals surface area (Å²) in [6.07, 6.45) is 16.9. The Labute approximate surface area is 389 Å². The van der Waals surface area contributed by atoms with Gasteiger partial charge in [-0.3, -0.25) is 19.1 Å². The zero-order valence-corrected chi connectivity index (χ0v) is 39.5. The summed E-state index contributed by atoms with van der Waals surface area (Å²) in [7, 11) is -3.98. The van der Waals surface area contributed by atoms with Crippen LogP contribution in [0.1, 0.15) is 114 Å². The van der Waals surface area contributed by atoms with Crippen molar-refractivity contribution in [1.82, 2.24) is 20.6 Å². The molecule has 1 heterocycles. The fraction of sp³-hybridized carbons (Fsp3) is 0.574. The molecule has 4 N–H and O–H groups in total. The van der Waals surface area contributed by atoms with Crippen LogP contribution in [-0.2, 0) is 54.5 Å². The molecule has 0 fully saturated rings. The molecule has 2 aromatic carbocycles. The first-order chi connectivity index (χ1) is 31.7. The van der Waals surface area contributed by atoms with Crippen molar-refractivity contribution < 1.29 is 61.1 Å². The van der Waals surface area contributed by atoms with Gasteiger partial charge in [-0.2, -0.15) is 0 Å². The Morgan fingerprint density at radius 1 is 0.621 bits per heavy atom. The van der Waals surface area contributed by atoms with Gasteiger partial charge in [-0.05, 0) is 82.0 Å². The summed E-state index contributed by atoms with van der Waals surface area (Å²) < 4.78 is 60.5. The van der Waals surface area contributed by atoms with Gasteiger partial charge in [-0.25, -0.2) is 23.2 Å². The first-order valence-electron chi connectivity index (χ1n) is 22.7. The van der Waals surface area contributed by atoms with Crippen LogP contribution in [0.5, 0.6) is 11.5 Å². The number of hydrogen-bond acceptors (Lipinski definition) is 14. The van der Waals surface area contributed by atoms with Gasteiger partial charge in [0.2, 0.25) is 11.7 Å². The molecule has 1 aromatic heterocycles. The predicted molar refractivity (Wildman–Crippen MR) is 247 cm³/mol. The van der Waals surface area contributed by atoms with E-state index in [-0.39, 0.29) is 87.6 Å². The Morgan fingerprint density at radius 3 is 1.68 bits per heavy atom. The summed E-state index contributed by atoms with van der Waals surface area (Å²) in [5.41, 5.74) is 0.911. The van der Waals surface area contributed by atoms with Gasteiger partial charge in [0.1, 0.15) is 30.3 Å². The second kappa shape index (κ2) is 31.7. The quantitative estimate of drug-likeness (QED) is 0.0353. The minimum Gasteiger partial charge on any atom is -0.480 e. The van der Waals surface area contributed by atoms with E-state index in [1.54, 1.807) is 12.1 Å². The number of unbranched alkanes of at least 4 members (excludes halogenated alkanes) is 10. The Hall–Kier alpha value is -5.21. The molecule has 0 radical (unpaired) electrons. The average molecular weight is 944 g/mol. The number of rotatable bonds is 36. The number of benzene rings is 2. The number of amides is 2. The molecule has 0 saturated carbocycles. The molecule has 0 aliphatic carbocycles. The molecular weight excluding hydrogens is 875 g/mol. The van der Waals surface area contributed by atoms with Gasteiger partial charge in [0.15, 0.2) is 0 Å². The third kappa shape index (κ3) is 26.1. The maximum atomic E-state index is 13.0. The molecule has 18 nitrogen and oxygen atoms in total. The molecule has 19 heteroatoms. The van der Waals surface area contributed by atoms with Gasteiger partial charge < -0.3 is 44.2 Å². The number of hydrogen-bond donors (Lipinski definition) is 4. The Morgan fingerprint density at radius 2 is 1.12 bits per heavy atom. The smallest absolute Gasteiger partial charge is 0.329 e. The zero-order valence-electron chi connectivity index (χ0n) is 38.7. The van der Waals surface area contributed by atoms with Gasteiger partial charge in [-0.1, -0.05) is 69.9 Å². The standard InChI is InChI=1S/C47H69N5O13S/c1-47(2,3)65-44(56)16-14-12-10-8-6-4-5-7-9-11-13-15-37-17-19-39(20-18-37)64-40-21-23-41(24-22-40)66(58,59)52-38-33-50-45(51-34-38)46(57)49-26-28-61-29-31-62-35-42(53)48-25-27-60-30-32-63-36-43(54)55/h17-24,33-34,52H,4-16,25-32,35-36H2,1-3H3,(H,48,53)(H,49,57)(H,54,55). The van der Waals surface area contributed by atoms with Crippen molar-refractivity contribution in [2.45, 2.75) is 115 Å². The number of carbonyl (C=O) groups excluding carboxylic acids is 3. The van der Waals surface area contributed by atoms with Gasteiger partial charge in [0.05, 0.1) is 62.6 Å². The molecule has 0 bridgehead atoms. The van der Waals surface area contributed by atoms with Crippen LogP contribution in [0.4, 0.5) is 5.69 Å². The SMILES string of the molecule is CC(C)(C)OC(=O)CCCCCCCCCCCCCc1ccc(Oc2ccc(S(=O)(=O)Nc3cnc(C(=O)NCCOCCOCC(=O)NCCOCCOCC(=O)O)nc3)cc2)cc1. The van der Waals surface area contributed by atoms with Gasteiger partial charge >= 0.3 is 11.9 Å². The minimum absolute atomic E-state index is 0.00511. The van der Waals surface area contributed by atoms with Crippen LogP contribution in [0, 0.1) is 0 Å². The average Bonchev–Trinajstić information content (AvgIpc) is 3.27.